The number of nitrogens with zero attached hydrogens (tertiary/aromatic N) is 2. The molecule has 34 heavy (non-hydrogen) atoms. The normalized spacial score (nSPS) is 19.4. The number of carboxylic acids is 1. The summed E-state index contributed by atoms with van der Waals surface area (Å²) in [7, 11) is 0. The second kappa shape index (κ2) is 9.05. The predicted molar refractivity (Wildman–Crippen MR) is 130 cm³/mol. The number of anilines is 1. The van der Waals surface area contributed by atoms with E-state index in [-0.39, 0.29) is 27.2 Å². The lowest BCUT2D eigenvalue weighted by Gasteiger charge is -2.28. The summed E-state index contributed by atoms with van der Waals surface area (Å²) in [5, 5.41) is 10.7. The van der Waals surface area contributed by atoms with E-state index in [9.17, 15) is 19.2 Å². The Morgan fingerprint density at radius 3 is 2.35 bits per heavy atom. The summed E-state index contributed by atoms with van der Waals surface area (Å²) >= 11 is 16.0. The molecule has 176 valence electrons. The van der Waals surface area contributed by atoms with E-state index in [1.165, 1.54) is 12.1 Å². The molecule has 2 aromatic carbocycles. The van der Waals surface area contributed by atoms with Gasteiger partial charge in [-0.25, -0.2) is 14.5 Å². The van der Waals surface area contributed by atoms with Crippen molar-refractivity contribution in [2.24, 2.45) is 0 Å². The maximum atomic E-state index is 13.7. The number of benzene rings is 2. The molecule has 2 heterocycles. The molecular formula is C23H18BrCl2N3O5. The van der Waals surface area contributed by atoms with Gasteiger partial charge >= 0.3 is 12.0 Å². The number of imide groups is 1. The fourth-order valence-corrected chi connectivity index (χ4v) is 5.29. The lowest BCUT2D eigenvalue weighted by atomic mass is 9.88. The van der Waals surface area contributed by atoms with Crippen LogP contribution in [0.3, 0.4) is 0 Å². The molecule has 2 saturated heterocycles. The summed E-state index contributed by atoms with van der Waals surface area (Å²) in [5.74, 6) is -2.68. The van der Waals surface area contributed by atoms with Crippen LogP contribution in [0, 0.1) is 0 Å². The monoisotopic (exact) mass is 565 g/mol. The molecule has 8 nitrogen and oxygen atoms in total. The molecule has 1 atom stereocenters. The highest BCUT2D eigenvalue weighted by molar-refractivity contribution is 9.10. The van der Waals surface area contributed by atoms with E-state index in [1.54, 1.807) is 4.90 Å². The van der Waals surface area contributed by atoms with Crippen molar-refractivity contribution in [2.75, 3.05) is 11.4 Å². The van der Waals surface area contributed by atoms with Crippen LogP contribution in [0.2, 0.25) is 10.0 Å². The van der Waals surface area contributed by atoms with Crippen LogP contribution in [0.1, 0.15) is 28.8 Å². The van der Waals surface area contributed by atoms with Gasteiger partial charge in [-0.05, 0) is 42.7 Å². The van der Waals surface area contributed by atoms with Crippen LogP contribution in [0.25, 0.3) is 0 Å². The van der Waals surface area contributed by atoms with Crippen molar-refractivity contribution in [1.29, 1.82) is 0 Å². The van der Waals surface area contributed by atoms with E-state index in [4.69, 9.17) is 28.3 Å². The third-order valence-corrected chi connectivity index (χ3v) is 7.08. The number of urea groups is 1. The van der Waals surface area contributed by atoms with Gasteiger partial charge in [0.15, 0.2) is 0 Å². The number of rotatable bonds is 6. The van der Waals surface area contributed by atoms with Crippen LogP contribution in [0.5, 0.6) is 0 Å². The number of carbonyl (C=O) groups excluding carboxylic acids is 3. The minimum atomic E-state index is -1.41. The average Bonchev–Trinajstić information content (AvgIpc) is 3.26. The Morgan fingerprint density at radius 1 is 1.15 bits per heavy atom. The topological polar surface area (TPSA) is 107 Å². The quantitative estimate of drug-likeness (QED) is 0.392. The minimum absolute atomic E-state index is 0.128. The fourth-order valence-electron chi connectivity index (χ4n) is 4.38. The lowest BCUT2D eigenvalue weighted by Crippen LogP contribution is -2.47. The van der Waals surface area contributed by atoms with Crippen LogP contribution >= 0.6 is 39.1 Å². The first-order valence-corrected chi connectivity index (χ1v) is 11.7. The van der Waals surface area contributed by atoms with E-state index in [0.29, 0.717) is 25.8 Å². The minimum Gasteiger partial charge on any atom is -0.477 e. The molecule has 2 fully saturated rings. The number of carboxylic acid groups (broad SMARTS) is 1. The SMILES string of the molecule is C=C(NC(=O)c1c(Cl)cc(N2C(=O)N3CCCC3(Cc3ccc(Br)cc3)C2=O)cc1Cl)C(=O)O. The van der Waals surface area contributed by atoms with Gasteiger partial charge in [0.2, 0.25) is 0 Å². The molecule has 2 aliphatic heterocycles. The third-order valence-electron chi connectivity index (χ3n) is 5.96. The van der Waals surface area contributed by atoms with Gasteiger partial charge in [0, 0.05) is 17.4 Å². The number of amides is 4. The first-order chi connectivity index (χ1) is 16.0. The smallest absolute Gasteiger partial charge is 0.351 e. The zero-order valence-corrected chi connectivity index (χ0v) is 20.7. The van der Waals surface area contributed by atoms with Crippen molar-refractivity contribution in [2.45, 2.75) is 24.8 Å². The summed E-state index contributed by atoms with van der Waals surface area (Å²) < 4.78 is 0.910. The van der Waals surface area contributed by atoms with Crippen molar-refractivity contribution < 1.29 is 24.3 Å². The number of hydrogen-bond donors (Lipinski definition) is 2. The number of hydrogen-bond acceptors (Lipinski definition) is 4. The molecular weight excluding hydrogens is 549 g/mol. The van der Waals surface area contributed by atoms with Crippen LogP contribution in [0.15, 0.2) is 53.1 Å². The first kappa shape index (κ1) is 24.3. The Balaban J connectivity index is 1.67. The van der Waals surface area contributed by atoms with Crippen LogP contribution in [-0.4, -0.2) is 45.9 Å². The van der Waals surface area contributed by atoms with Gasteiger partial charge in [0.25, 0.3) is 11.8 Å². The second-order valence-electron chi connectivity index (χ2n) is 8.04. The van der Waals surface area contributed by atoms with Gasteiger partial charge in [0.1, 0.15) is 11.2 Å². The molecule has 0 aromatic heterocycles. The maximum absolute atomic E-state index is 13.7. The molecule has 11 heteroatoms. The van der Waals surface area contributed by atoms with Gasteiger partial charge in [-0.2, -0.15) is 0 Å². The highest BCUT2D eigenvalue weighted by atomic mass is 79.9. The van der Waals surface area contributed by atoms with E-state index in [2.05, 4.69) is 27.8 Å². The van der Waals surface area contributed by atoms with E-state index >= 15 is 0 Å². The number of fused-ring (bicyclic) bond motifs is 1. The Bertz CT molecular complexity index is 1230. The molecule has 0 aliphatic carbocycles. The molecule has 0 saturated carbocycles. The number of carbonyl (C=O) groups is 4. The molecule has 4 rings (SSSR count). The van der Waals surface area contributed by atoms with Crippen molar-refractivity contribution in [3.8, 4) is 0 Å². The van der Waals surface area contributed by atoms with Crippen molar-refractivity contribution in [3.63, 3.8) is 0 Å². The molecule has 0 spiro atoms. The van der Waals surface area contributed by atoms with E-state index in [1.807, 2.05) is 24.3 Å². The molecule has 2 aliphatic rings. The number of halogens is 3. The van der Waals surface area contributed by atoms with E-state index < -0.39 is 29.1 Å². The lowest BCUT2D eigenvalue weighted by molar-refractivity contribution is -0.133. The standard InChI is InChI=1S/C23H18BrCl2N3O5/c1-12(20(31)32)27-19(30)18-16(25)9-15(10-17(18)26)29-21(33)23(7-2-8-28(23)22(29)34)11-13-3-5-14(24)6-4-13/h3-6,9-10H,1-2,7-8,11H2,(H,27,30)(H,31,32). The summed E-state index contributed by atoms with van der Waals surface area (Å²) in [6, 6.07) is 9.67. The summed E-state index contributed by atoms with van der Waals surface area (Å²) in [5.41, 5.74) is -0.720. The zero-order chi connectivity index (χ0) is 24.8. The van der Waals surface area contributed by atoms with Gasteiger partial charge in [0.05, 0.1) is 21.3 Å². The van der Waals surface area contributed by atoms with Crippen LogP contribution in [-0.2, 0) is 16.0 Å². The summed E-state index contributed by atoms with van der Waals surface area (Å²) in [6.45, 7) is 3.68. The summed E-state index contributed by atoms with van der Waals surface area (Å²) in [4.78, 5) is 52.9. The van der Waals surface area contributed by atoms with Crippen molar-refractivity contribution in [1.82, 2.24) is 10.2 Å². The van der Waals surface area contributed by atoms with Crippen molar-refractivity contribution >= 4 is 68.6 Å². The van der Waals surface area contributed by atoms with E-state index in [0.717, 1.165) is 14.9 Å². The molecule has 4 amide bonds. The average molecular weight is 567 g/mol. The van der Waals surface area contributed by atoms with Crippen LogP contribution < -0.4 is 10.2 Å². The van der Waals surface area contributed by atoms with Crippen molar-refractivity contribution in [3.05, 3.63) is 74.3 Å². The zero-order valence-electron chi connectivity index (χ0n) is 17.6. The molecule has 0 bridgehead atoms. The highest BCUT2D eigenvalue weighted by Gasteiger charge is 2.59. The molecule has 1 unspecified atom stereocenters. The van der Waals surface area contributed by atoms with Gasteiger partial charge in [-0.1, -0.05) is 57.8 Å². The van der Waals surface area contributed by atoms with Gasteiger partial charge in [-0.3, -0.25) is 9.59 Å². The Hall–Kier alpha value is -2.88. The Labute approximate surface area is 213 Å². The largest absolute Gasteiger partial charge is 0.477 e. The molecule has 0 radical (unpaired) electrons. The molecule has 2 N–H and O–H groups in total. The summed E-state index contributed by atoms with van der Waals surface area (Å²) in [6.07, 6.45) is 1.58. The Morgan fingerprint density at radius 2 is 1.76 bits per heavy atom. The highest BCUT2D eigenvalue weighted by Crippen LogP contribution is 2.43. The third kappa shape index (κ3) is 4.08. The predicted octanol–water partition coefficient (Wildman–Crippen LogP) is 4.63. The van der Waals surface area contributed by atoms with Crippen LogP contribution in [0.4, 0.5) is 10.5 Å². The van der Waals surface area contributed by atoms with Gasteiger partial charge < -0.3 is 15.3 Å². The Kier molecular flexibility index (Phi) is 6.46. The first-order valence-electron chi connectivity index (χ1n) is 10.2. The number of nitrogens with one attached hydrogen (secondary N) is 1. The fraction of sp³-hybridized carbons (Fsp3) is 0.217. The maximum Gasteiger partial charge on any atom is 0.351 e. The number of aliphatic carboxylic acids is 1. The second-order valence-corrected chi connectivity index (χ2v) is 9.77. The van der Waals surface area contributed by atoms with Gasteiger partial charge in [-0.15, -0.1) is 0 Å². The molecule has 2 aromatic rings.